The van der Waals surface area contributed by atoms with E-state index in [1.54, 1.807) is 10.8 Å². The van der Waals surface area contributed by atoms with Crippen LogP contribution in [-0.2, 0) is 6.54 Å². The van der Waals surface area contributed by atoms with E-state index >= 15 is 0 Å². The van der Waals surface area contributed by atoms with Gasteiger partial charge in [0.25, 0.3) is 23.6 Å². The van der Waals surface area contributed by atoms with Crippen LogP contribution in [0, 0.1) is 11.6 Å². The molecule has 6 aromatic rings. The van der Waals surface area contributed by atoms with Crippen molar-refractivity contribution in [2.45, 2.75) is 44.3 Å². The van der Waals surface area contributed by atoms with Crippen molar-refractivity contribution in [3.05, 3.63) is 129 Å². The SMILES string of the molecule is O=C(Nc1nc(C(=O)NC2CCN(Cc3c[nH]c4ccccc34)CC2)cs1)c1ccc(F)cc1.O=C(Nc1nc(C(=O)NC2CCNCC2)cs1)c1ccc(F)cc1. The molecule has 0 atom stereocenters. The number of carbonyl (C=O) groups is 4. The van der Waals surface area contributed by atoms with E-state index < -0.39 is 23.4 Å². The first kappa shape index (κ1) is 40.3. The monoisotopic (exact) mass is 825 g/mol. The predicted octanol–water partition coefficient (Wildman–Crippen LogP) is 6.43. The number of nitrogens with one attached hydrogen (secondary N) is 6. The molecule has 0 radical (unpaired) electrons. The zero-order valence-electron chi connectivity index (χ0n) is 31.2. The first-order valence-electron chi connectivity index (χ1n) is 18.8. The van der Waals surface area contributed by atoms with Crippen molar-refractivity contribution in [3.63, 3.8) is 0 Å². The highest BCUT2D eigenvalue weighted by atomic mass is 32.1. The molecule has 6 N–H and O–H groups in total. The topological polar surface area (TPSA) is 173 Å². The van der Waals surface area contributed by atoms with Crippen LogP contribution in [0.3, 0.4) is 0 Å². The van der Waals surface area contributed by atoms with E-state index in [-0.39, 0.29) is 35.3 Å². The van der Waals surface area contributed by atoms with Crippen molar-refractivity contribution in [3.8, 4) is 0 Å². The number of rotatable bonds is 10. The number of thiazole rings is 2. The summed E-state index contributed by atoms with van der Waals surface area (Å²) in [6, 6.07) is 19.0. The molecule has 0 aliphatic carbocycles. The molecular weight excluding hydrogens is 785 g/mol. The normalized spacial score (nSPS) is 14.9. The van der Waals surface area contributed by atoms with E-state index in [0.29, 0.717) is 21.4 Å². The highest BCUT2D eigenvalue weighted by Gasteiger charge is 2.24. The molecule has 2 aliphatic heterocycles. The number of hydrogen-bond donors (Lipinski definition) is 6. The van der Waals surface area contributed by atoms with Gasteiger partial charge in [-0.05, 0) is 98.9 Å². The summed E-state index contributed by atoms with van der Waals surface area (Å²) in [7, 11) is 0. The number of anilines is 2. The second kappa shape index (κ2) is 19.0. The fourth-order valence-corrected chi connectivity index (χ4v) is 8.01. The maximum Gasteiger partial charge on any atom is 0.271 e. The van der Waals surface area contributed by atoms with Gasteiger partial charge < -0.3 is 20.9 Å². The Kier molecular flexibility index (Phi) is 13.2. The quantitative estimate of drug-likeness (QED) is 0.0918. The molecule has 0 bridgehead atoms. The van der Waals surface area contributed by atoms with Gasteiger partial charge in [0.15, 0.2) is 10.3 Å². The summed E-state index contributed by atoms with van der Waals surface area (Å²) in [6.07, 6.45) is 5.60. The lowest BCUT2D eigenvalue weighted by molar-refractivity contribution is 0.0901. The number of carbonyl (C=O) groups excluding carboxylic acids is 4. The van der Waals surface area contributed by atoms with Crippen LogP contribution in [0.2, 0.25) is 0 Å². The molecule has 2 aliphatic rings. The van der Waals surface area contributed by atoms with Crippen molar-refractivity contribution in [1.29, 1.82) is 0 Å². The number of likely N-dealkylation sites (tertiary alicyclic amines) is 1. The van der Waals surface area contributed by atoms with Gasteiger partial charge >= 0.3 is 0 Å². The van der Waals surface area contributed by atoms with Gasteiger partial charge in [-0.1, -0.05) is 18.2 Å². The summed E-state index contributed by atoms with van der Waals surface area (Å²) >= 11 is 2.36. The molecule has 2 fully saturated rings. The molecule has 0 spiro atoms. The molecule has 5 heterocycles. The van der Waals surface area contributed by atoms with E-state index in [1.165, 1.54) is 82.2 Å². The average molecular weight is 826 g/mol. The molecule has 13 nitrogen and oxygen atoms in total. The minimum atomic E-state index is -0.409. The second-order valence-corrected chi connectivity index (χ2v) is 15.6. The zero-order valence-corrected chi connectivity index (χ0v) is 32.9. The predicted molar refractivity (Wildman–Crippen MR) is 220 cm³/mol. The Bertz CT molecular complexity index is 2350. The number of amides is 4. The van der Waals surface area contributed by atoms with Crippen LogP contribution in [0.25, 0.3) is 10.9 Å². The Labute approximate surface area is 340 Å². The number of benzene rings is 3. The summed E-state index contributed by atoms with van der Waals surface area (Å²) in [5.74, 6) is -2.08. The van der Waals surface area contributed by atoms with Crippen molar-refractivity contribution >= 4 is 67.5 Å². The van der Waals surface area contributed by atoms with Crippen molar-refractivity contribution in [2.24, 2.45) is 0 Å². The van der Waals surface area contributed by atoms with Gasteiger partial charge in [-0.2, -0.15) is 0 Å². The Morgan fingerprint density at radius 3 is 1.71 bits per heavy atom. The highest BCUT2D eigenvalue weighted by molar-refractivity contribution is 7.14. The third kappa shape index (κ3) is 10.7. The molecular formula is C41H41F2N9O4S2. The molecule has 58 heavy (non-hydrogen) atoms. The lowest BCUT2D eigenvalue weighted by atomic mass is 10.0. The molecule has 4 amide bonds. The minimum absolute atomic E-state index is 0.0886. The number of fused-ring (bicyclic) bond motifs is 1. The summed E-state index contributed by atoms with van der Waals surface area (Å²) in [6.45, 7) is 4.47. The van der Waals surface area contributed by atoms with Gasteiger partial charge in [0.05, 0.1) is 0 Å². The van der Waals surface area contributed by atoms with E-state index in [2.05, 4.69) is 70.8 Å². The lowest BCUT2D eigenvalue weighted by Crippen LogP contribution is -2.44. The van der Waals surface area contributed by atoms with Crippen LogP contribution < -0.4 is 26.6 Å². The number of hydrogen-bond acceptors (Lipinski definition) is 10. The minimum Gasteiger partial charge on any atom is -0.361 e. The van der Waals surface area contributed by atoms with Crippen LogP contribution in [0.1, 0.15) is 72.9 Å². The standard InChI is InChI=1S/C25H24FN5O2S.C16H17FN4O2S/c26-18-7-5-16(6-8-18)23(32)30-25-29-22(15-34-25)24(33)28-19-9-11-31(12-10-19)14-17-13-27-21-4-2-1-3-20(17)21;17-11-3-1-10(2-4-11)14(22)21-16-20-13(9-24-16)15(23)19-12-5-7-18-8-6-12/h1-8,13,15,19,27H,9-12,14H2,(H,28,33)(H,29,30,32);1-4,9,12,18H,5-8H2,(H,19,23)(H,20,21,22). The number of piperidine rings is 2. The molecule has 2 saturated heterocycles. The van der Waals surface area contributed by atoms with Gasteiger partial charge in [0, 0.05) is 70.7 Å². The van der Waals surface area contributed by atoms with E-state index in [9.17, 15) is 28.0 Å². The summed E-state index contributed by atoms with van der Waals surface area (Å²) in [5.41, 5.74) is 3.65. The van der Waals surface area contributed by atoms with Crippen LogP contribution >= 0.6 is 22.7 Å². The molecule has 0 saturated carbocycles. The Morgan fingerprint density at radius 2 is 1.17 bits per heavy atom. The number of aromatic nitrogens is 3. The largest absolute Gasteiger partial charge is 0.361 e. The van der Waals surface area contributed by atoms with Crippen molar-refractivity contribution in [1.82, 2.24) is 35.8 Å². The maximum atomic E-state index is 13.0. The van der Waals surface area contributed by atoms with Crippen molar-refractivity contribution in [2.75, 3.05) is 36.8 Å². The first-order valence-corrected chi connectivity index (χ1v) is 20.6. The fourth-order valence-electron chi connectivity index (χ4n) is 6.64. The van der Waals surface area contributed by atoms with Crippen LogP contribution in [-0.4, -0.2) is 81.7 Å². The molecule has 3 aromatic heterocycles. The van der Waals surface area contributed by atoms with Crippen LogP contribution in [0.15, 0.2) is 89.8 Å². The summed E-state index contributed by atoms with van der Waals surface area (Å²) in [5, 5.41) is 19.7. The molecule has 300 valence electrons. The highest BCUT2D eigenvalue weighted by Crippen LogP contribution is 2.23. The van der Waals surface area contributed by atoms with Gasteiger partial charge in [-0.15, -0.1) is 22.7 Å². The number of H-pyrrole nitrogens is 1. The third-order valence-corrected chi connectivity index (χ3v) is 11.3. The van der Waals surface area contributed by atoms with Crippen LogP contribution in [0.4, 0.5) is 19.0 Å². The molecule has 17 heteroatoms. The molecule has 0 unspecified atom stereocenters. The lowest BCUT2D eigenvalue weighted by Gasteiger charge is -2.32. The maximum absolute atomic E-state index is 13.0. The summed E-state index contributed by atoms with van der Waals surface area (Å²) < 4.78 is 25.9. The third-order valence-electron chi connectivity index (χ3n) is 9.79. The number of para-hydroxylation sites is 1. The van der Waals surface area contributed by atoms with E-state index in [0.717, 1.165) is 63.9 Å². The van der Waals surface area contributed by atoms with Gasteiger partial charge in [0.1, 0.15) is 23.0 Å². The van der Waals surface area contributed by atoms with Gasteiger partial charge in [-0.25, -0.2) is 18.7 Å². The Balaban J connectivity index is 0.000000188. The molecule has 3 aromatic carbocycles. The summed E-state index contributed by atoms with van der Waals surface area (Å²) in [4.78, 5) is 63.3. The molecule has 8 rings (SSSR count). The first-order chi connectivity index (χ1) is 28.2. The Hall–Kier alpha value is -5.88. The number of aromatic amines is 1. The van der Waals surface area contributed by atoms with E-state index in [1.807, 2.05) is 6.07 Å². The van der Waals surface area contributed by atoms with E-state index in [4.69, 9.17) is 0 Å². The fraction of sp³-hybridized carbons (Fsp3) is 0.268. The number of nitrogens with zero attached hydrogens (tertiary/aromatic N) is 3. The van der Waals surface area contributed by atoms with Gasteiger partial charge in [-0.3, -0.25) is 34.7 Å². The number of halogens is 2. The smallest absolute Gasteiger partial charge is 0.271 e. The van der Waals surface area contributed by atoms with Gasteiger partial charge in [0.2, 0.25) is 0 Å². The van der Waals surface area contributed by atoms with Crippen LogP contribution in [0.5, 0.6) is 0 Å². The van der Waals surface area contributed by atoms with Crippen molar-refractivity contribution < 1.29 is 28.0 Å². The second-order valence-electron chi connectivity index (χ2n) is 13.9. The average Bonchev–Trinajstić information content (AvgIpc) is 4.01. The zero-order chi connectivity index (χ0) is 40.4. The Morgan fingerprint density at radius 1 is 0.672 bits per heavy atom.